The van der Waals surface area contributed by atoms with E-state index in [4.69, 9.17) is 33.3 Å². The number of halogens is 2. The van der Waals surface area contributed by atoms with Crippen molar-refractivity contribution in [2.24, 2.45) is 21.7 Å². The topological polar surface area (TPSA) is 99.1 Å². The van der Waals surface area contributed by atoms with Crippen molar-refractivity contribution in [3.63, 3.8) is 0 Å². The first-order valence-electron chi connectivity index (χ1n) is 15.5. The van der Waals surface area contributed by atoms with Crippen LogP contribution in [0.3, 0.4) is 0 Å². The van der Waals surface area contributed by atoms with Crippen LogP contribution in [0.2, 0.25) is 10.0 Å². The molecule has 7 nitrogen and oxygen atoms in total. The van der Waals surface area contributed by atoms with E-state index >= 15 is 0 Å². The summed E-state index contributed by atoms with van der Waals surface area (Å²) in [6.45, 7) is 13.5. The summed E-state index contributed by atoms with van der Waals surface area (Å²) < 4.78 is 0. The van der Waals surface area contributed by atoms with E-state index in [2.05, 4.69) is 46.9 Å². The third-order valence-electron chi connectivity index (χ3n) is 9.00. The summed E-state index contributed by atoms with van der Waals surface area (Å²) in [6.07, 6.45) is 4.89. The lowest BCUT2D eigenvalue weighted by atomic mass is 9.69. The molecule has 2 N–H and O–H groups in total. The molecule has 1 aliphatic carbocycles. The highest BCUT2D eigenvalue weighted by Crippen LogP contribution is 2.50. The Hall–Kier alpha value is -2.90. The van der Waals surface area contributed by atoms with Gasteiger partial charge in [-0.15, -0.1) is 0 Å². The Kier molecular flexibility index (Phi) is 10.2. The second-order valence-electron chi connectivity index (χ2n) is 14.6. The molecule has 1 heterocycles. The van der Waals surface area contributed by atoms with Gasteiger partial charge in [-0.2, -0.15) is 0 Å². The lowest BCUT2D eigenvalue weighted by Gasteiger charge is -2.47. The maximum Gasteiger partial charge on any atom is 0.305 e. The number of rotatable bonds is 9. The van der Waals surface area contributed by atoms with Crippen molar-refractivity contribution in [3.8, 4) is 0 Å². The summed E-state index contributed by atoms with van der Waals surface area (Å²) in [5.74, 6) is -0.907. The zero-order valence-electron chi connectivity index (χ0n) is 26.7. The summed E-state index contributed by atoms with van der Waals surface area (Å²) in [6, 6.07) is 12.2. The van der Waals surface area contributed by atoms with Crippen molar-refractivity contribution in [3.05, 3.63) is 69.2 Å². The number of benzene rings is 2. The first kappa shape index (κ1) is 34.0. The smallest absolute Gasteiger partial charge is 0.305 e. The Bertz CT molecular complexity index is 1390. The molecule has 1 saturated carbocycles. The monoisotopic (exact) mass is 641 g/mol. The summed E-state index contributed by atoms with van der Waals surface area (Å²) in [5, 5.41) is 12.5. The average molecular weight is 643 g/mol. The van der Waals surface area contributed by atoms with Crippen LogP contribution in [-0.4, -0.2) is 45.7 Å². The summed E-state index contributed by atoms with van der Waals surface area (Å²) in [7, 11) is 0. The molecule has 2 aromatic carbocycles. The molecule has 9 heteroatoms. The van der Waals surface area contributed by atoms with Crippen molar-refractivity contribution < 1.29 is 19.5 Å². The molecule has 0 radical (unpaired) electrons. The lowest BCUT2D eigenvalue weighted by molar-refractivity contribution is -0.137. The molecule has 1 spiro atoms. The van der Waals surface area contributed by atoms with Gasteiger partial charge in [0.2, 0.25) is 0 Å². The SMILES string of the molecule is CC(C)(C)CC[C@H](c1ccc(C(=O)NCCC(=O)O)cc1)N1C(=O)C(c2cc(Cl)cc(Cl)c2)=NC12CCC(C(C)(C)C)CC2. The first-order chi connectivity index (χ1) is 20.5. The van der Waals surface area contributed by atoms with Crippen molar-refractivity contribution in [2.75, 3.05) is 6.54 Å². The summed E-state index contributed by atoms with van der Waals surface area (Å²) in [5.41, 5.74) is 1.88. The van der Waals surface area contributed by atoms with Crippen molar-refractivity contribution in [2.45, 2.75) is 98.2 Å². The Balaban J connectivity index is 1.74. The minimum absolute atomic E-state index is 0.0339. The van der Waals surface area contributed by atoms with Crippen molar-refractivity contribution in [1.29, 1.82) is 0 Å². The highest BCUT2D eigenvalue weighted by atomic mass is 35.5. The van der Waals surface area contributed by atoms with E-state index in [-0.39, 0.29) is 41.7 Å². The molecule has 1 atom stereocenters. The third-order valence-corrected chi connectivity index (χ3v) is 9.43. The molecule has 0 aromatic heterocycles. The standard InChI is InChI=1S/C35H45Cl2N3O4/c1-33(2,3)15-13-28(22-7-9-23(10-8-22)31(43)38-18-14-29(41)42)40-32(44)30(24-19-26(36)21-27(37)20-24)39-35(40)16-11-25(12-17-35)34(4,5)6/h7-10,19-21,25,28H,11-18H2,1-6H3,(H,38,43)(H,41,42)/t25?,28-,35?/m1/s1. The molecule has 2 amide bonds. The average Bonchev–Trinajstić information content (AvgIpc) is 3.19. The molecule has 2 aromatic rings. The van der Waals surface area contributed by atoms with Crippen molar-refractivity contribution in [1.82, 2.24) is 10.2 Å². The van der Waals surface area contributed by atoms with Crippen LogP contribution in [0.25, 0.3) is 0 Å². The summed E-state index contributed by atoms with van der Waals surface area (Å²) >= 11 is 12.8. The fourth-order valence-corrected chi connectivity index (χ4v) is 7.00. The molecular weight excluding hydrogens is 597 g/mol. The molecule has 0 bridgehead atoms. The Morgan fingerprint density at radius 2 is 1.61 bits per heavy atom. The largest absolute Gasteiger partial charge is 0.481 e. The summed E-state index contributed by atoms with van der Waals surface area (Å²) in [4.78, 5) is 45.4. The lowest BCUT2D eigenvalue weighted by Crippen LogP contribution is -2.51. The molecule has 1 aliphatic heterocycles. The fraction of sp³-hybridized carbons (Fsp3) is 0.543. The number of carboxylic acid groups (broad SMARTS) is 1. The van der Waals surface area contributed by atoms with E-state index in [1.807, 2.05) is 17.0 Å². The van der Waals surface area contributed by atoms with Crippen molar-refractivity contribution >= 4 is 46.7 Å². The molecule has 2 aliphatic rings. The van der Waals surface area contributed by atoms with Gasteiger partial charge in [0.05, 0.1) is 12.5 Å². The van der Waals surface area contributed by atoms with Gasteiger partial charge in [0, 0.05) is 27.7 Å². The highest BCUT2D eigenvalue weighted by Gasteiger charge is 2.52. The molecule has 44 heavy (non-hydrogen) atoms. The Morgan fingerprint density at radius 3 is 2.14 bits per heavy atom. The van der Waals surface area contributed by atoms with Gasteiger partial charge in [0.1, 0.15) is 11.4 Å². The number of aliphatic imine (C=N–C) groups is 1. The van der Waals surface area contributed by atoms with Gasteiger partial charge in [-0.25, -0.2) is 0 Å². The van der Waals surface area contributed by atoms with Crippen LogP contribution in [0.15, 0.2) is 47.5 Å². The van der Waals surface area contributed by atoms with E-state index in [1.54, 1.807) is 30.3 Å². The number of nitrogens with one attached hydrogen (secondary N) is 1. The number of amides is 2. The van der Waals surface area contributed by atoms with Gasteiger partial charge in [-0.1, -0.05) is 76.9 Å². The Morgan fingerprint density at radius 1 is 1.02 bits per heavy atom. The number of carbonyl (C=O) groups is 3. The maximum absolute atomic E-state index is 14.6. The number of nitrogens with zero attached hydrogens (tertiary/aromatic N) is 2. The second kappa shape index (κ2) is 13.2. The van der Waals surface area contributed by atoms with E-state index in [0.717, 1.165) is 44.1 Å². The molecule has 0 saturated heterocycles. The fourth-order valence-electron chi connectivity index (χ4n) is 6.48. The van der Waals surface area contributed by atoms with Crippen LogP contribution in [0, 0.1) is 16.7 Å². The van der Waals surface area contributed by atoms with E-state index < -0.39 is 11.6 Å². The van der Waals surface area contributed by atoms with Crippen LogP contribution in [-0.2, 0) is 9.59 Å². The third kappa shape index (κ3) is 8.02. The van der Waals surface area contributed by atoms with Gasteiger partial charge in [0.15, 0.2) is 0 Å². The zero-order valence-corrected chi connectivity index (χ0v) is 28.2. The quantitative estimate of drug-likeness (QED) is 0.287. The van der Waals surface area contributed by atoms with Crippen LogP contribution >= 0.6 is 23.2 Å². The first-order valence-corrected chi connectivity index (χ1v) is 16.2. The predicted molar refractivity (Wildman–Crippen MR) is 176 cm³/mol. The highest BCUT2D eigenvalue weighted by molar-refractivity contribution is 6.47. The normalized spacial score (nSPS) is 21.4. The van der Waals surface area contributed by atoms with E-state index in [9.17, 15) is 14.4 Å². The minimum Gasteiger partial charge on any atom is -0.481 e. The van der Waals surface area contributed by atoms with Gasteiger partial charge >= 0.3 is 5.97 Å². The Labute approximate surface area is 271 Å². The van der Waals surface area contributed by atoms with Gasteiger partial charge in [-0.05, 0) is 91.2 Å². The van der Waals surface area contributed by atoms with Crippen LogP contribution in [0.1, 0.15) is 114 Å². The zero-order chi connectivity index (χ0) is 32.4. The second-order valence-corrected chi connectivity index (χ2v) is 15.4. The number of hydrogen-bond donors (Lipinski definition) is 2. The van der Waals surface area contributed by atoms with Crippen LogP contribution in [0.4, 0.5) is 0 Å². The molecular formula is C35H45Cl2N3O4. The van der Waals surface area contributed by atoms with Crippen LogP contribution < -0.4 is 5.32 Å². The van der Waals surface area contributed by atoms with E-state index in [1.165, 1.54) is 0 Å². The van der Waals surface area contributed by atoms with Gasteiger partial charge in [0.25, 0.3) is 11.8 Å². The van der Waals surface area contributed by atoms with Gasteiger partial charge in [-0.3, -0.25) is 19.4 Å². The van der Waals surface area contributed by atoms with E-state index in [0.29, 0.717) is 32.8 Å². The molecule has 4 rings (SSSR count). The number of hydrogen-bond acceptors (Lipinski definition) is 4. The van der Waals surface area contributed by atoms with Gasteiger partial charge < -0.3 is 15.3 Å². The number of aliphatic carboxylic acids is 1. The molecule has 1 fully saturated rings. The minimum atomic E-state index is -0.968. The molecule has 238 valence electrons. The number of carbonyl (C=O) groups excluding carboxylic acids is 2. The molecule has 0 unspecified atom stereocenters. The maximum atomic E-state index is 14.6. The predicted octanol–water partition coefficient (Wildman–Crippen LogP) is 8.33. The number of carboxylic acids is 1. The van der Waals surface area contributed by atoms with Crippen LogP contribution in [0.5, 0.6) is 0 Å².